The summed E-state index contributed by atoms with van der Waals surface area (Å²) in [6.45, 7) is 2.25. The van der Waals surface area contributed by atoms with Gasteiger partial charge >= 0.3 is 5.97 Å². The van der Waals surface area contributed by atoms with E-state index in [1.54, 1.807) is 6.08 Å². The SMILES string of the molecule is CCCCCCCCCC=CCC=CCC(=O)O. The van der Waals surface area contributed by atoms with E-state index in [-0.39, 0.29) is 6.42 Å². The summed E-state index contributed by atoms with van der Waals surface area (Å²) in [4.78, 5) is 10.2. The lowest BCUT2D eigenvalue weighted by Gasteiger charge is -1.98. The van der Waals surface area contributed by atoms with Gasteiger partial charge in [0.2, 0.25) is 0 Å². The molecule has 0 heterocycles. The quantitative estimate of drug-likeness (QED) is 0.387. The molecule has 0 rings (SSSR count). The molecule has 0 atom stereocenters. The Balaban J connectivity index is 3.18. The Morgan fingerprint density at radius 1 is 0.889 bits per heavy atom. The molecule has 0 aromatic heterocycles. The standard InChI is InChI=1S/C16H28O2/c1-2-3-4-5-6-7-8-9-10-11-12-13-14-15-16(17)18/h10-11,13-14H,2-9,12,15H2,1H3,(H,17,18). The van der Waals surface area contributed by atoms with Crippen molar-refractivity contribution in [2.24, 2.45) is 0 Å². The highest BCUT2D eigenvalue weighted by Gasteiger charge is 1.89. The first-order chi connectivity index (χ1) is 8.77. The number of aliphatic carboxylic acids is 1. The summed E-state index contributed by atoms with van der Waals surface area (Å²) in [6, 6.07) is 0. The van der Waals surface area contributed by atoms with Crippen LogP contribution in [0.1, 0.15) is 71.1 Å². The van der Waals surface area contributed by atoms with Crippen LogP contribution < -0.4 is 0 Å². The second-order valence-electron chi connectivity index (χ2n) is 4.69. The summed E-state index contributed by atoms with van der Waals surface area (Å²) in [5.74, 6) is -0.765. The number of unbranched alkanes of at least 4 members (excludes halogenated alkanes) is 7. The molecule has 0 amide bonds. The highest BCUT2D eigenvalue weighted by molar-refractivity contribution is 5.68. The third kappa shape index (κ3) is 14.9. The van der Waals surface area contributed by atoms with E-state index in [4.69, 9.17) is 5.11 Å². The average Bonchev–Trinajstić information content (AvgIpc) is 2.34. The average molecular weight is 252 g/mol. The number of allylic oxidation sites excluding steroid dienone is 3. The molecule has 0 spiro atoms. The lowest BCUT2D eigenvalue weighted by atomic mass is 10.1. The Labute approximate surface area is 112 Å². The molecule has 2 nitrogen and oxygen atoms in total. The first kappa shape index (κ1) is 16.9. The number of carboxylic acids is 1. The van der Waals surface area contributed by atoms with Crippen LogP contribution in [0.25, 0.3) is 0 Å². The van der Waals surface area contributed by atoms with Gasteiger partial charge in [-0.2, -0.15) is 0 Å². The minimum absolute atomic E-state index is 0.131. The van der Waals surface area contributed by atoms with Crippen molar-refractivity contribution in [3.05, 3.63) is 24.3 Å². The van der Waals surface area contributed by atoms with Gasteiger partial charge in [-0.05, 0) is 19.3 Å². The smallest absolute Gasteiger partial charge is 0.307 e. The molecule has 0 fully saturated rings. The minimum atomic E-state index is -0.765. The maximum absolute atomic E-state index is 10.2. The van der Waals surface area contributed by atoms with Gasteiger partial charge in [0.25, 0.3) is 0 Å². The van der Waals surface area contributed by atoms with Gasteiger partial charge in [0.1, 0.15) is 0 Å². The number of rotatable bonds is 12. The van der Waals surface area contributed by atoms with Crippen LogP contribution in [0.4, 0.5) is 0 Å². The fourth-order valence-electron chi connectivity index (χ4n) is 1.79. The van der Waals surface area contributed by atoms with Crippen molar-refractivity contribution >= 4 is 5.97 Å². The maximum Gasteiger partial charge on any atom is 0.307 e. The topological polar surface area (TPSA) is 37.3 Å². The molecule has 0 saturated heterocycles. The maximum atomic E-state index is 10.2. The molecule has 0 aliphatic carbocycles. The summed E-state index contributed by atoms with van der Waals surface area (Å²) in [5.41, 5.74) is 0. The minimum Gasteiger partial charge on any atom is -0.481 e. The van der Waals surface area contributed by atoms with E-state index in [0.29, 0.717) is 0 Å². The van der Waals surface area contributed by atoms with Gasteiger partial charge in [-0.15, -0.1) is 0 Å². The second kappa shape index (κ2) is 14.0. The van der Waals surface area contributed by atoms with Crippen LogP contribution >= 0.6 is 0 Å². The molecule has 104 valence electrons. The molecule has 0 bridgehead atoms. The molecular weight excluding hydrogens is 224 g/mol. The van der Waals surface area contributed by atoms with Gasteiger partial charge in [0.15, 0.2) is 0 Å². The summed E-state index contributed by atoms with van der Waals surface area (Å²) in [7, 11) is 0. The summed E-state index contributed by atoms with van der Waals surface area (Å²) in [6.07, 6.45) is 19.5. The summed E-state index contributed by atoms with van der Waals surface area (Å²) in [5, 5.41) is 8.42. The van der Waals surface area contributed by atoms with Crippen LogP contribution in [0.3, 0.4) is 0 Å². The van der Waals surface area contributed by atoms with Crippen molar-refractivity contribution in [2.45, 2.75) is 71.1 Å². The molecule has 0 aliphatic rings. The third-order valence-corrected chi connectivity index (χ3v) is 2.87. The monoisotopic (exact) mass is 252 g/mol. The van der Waals surface area contributed by atoms with Crippen molar-refractivity contribution in [1.29, 1.82) is 0 Å². The lowest BCUT2D eigenvalue weighted by Crippen LogP contribution is -1.89. The van der Waals surface area contributed by atoms with Crippen molar-refractivity contribution in [1.82, 2.24) is 0 Å². The van der Waals surface area contributed by atoms with E-state index in [2.05, 4.69) is 19.1 Å². The molecule has 1 N–H and O–H groups in total. The van der Waals surface area contributed by atoms with E-state index in [1.165, 1.54) is 44.9 Å². The Morgan fingerprint density at radius 2 is 1.50 bits per heavy atom. The van der Waals surface area contributed by atoms with Crippen molar-refractivity contribution in [2.75, 3.05) is 0 Å². The van der Waals surface area contributed by atoms with Crippen LogP contribution in [0.5, 0.6) is 0 Å². The largest absolute Gasteiger partial charge is 0.481 e. The molecule has 18 heavy (non-hydrogen) atoms. The lowest BCUT2D eigenvalue weighted by molar-refractivity contribution is -0.136. The zero-order valence-corrected chi connectivity index (χ0v) is 11.7. The first-order valence-electron chi connectivity index (χ1n) is 7.29. The summed E-state index contributed by atoms with van der Waals surface area (Å²) < 4.78 is 0. The zero-order chi connectivity index (χ0) is 13.5. The van der Waals surface area contributed by atoms with E-state index in [1.807, 2.05) is 6.08 Å². The molecule has 0 aliphatic heterocycles. The first-order valence-corrected chi connectivity index (χ1v) is 7.29. The second-order valence-corrected chi connectivity index (χ2v) is 4.69. The van der Waals surface area contributed by atoms with Gasteiger partial charge in [0.05, 0.1) is 6.42 Å². The van der Waals surface area contributed by atoms with Gasteiger partial charge in [-0.3, -0.25) is 4.79 Å². The Hall–Kier alpha value is -1.05. The molecule has 0 saturated carbocycles. The molecule has 0 aromatic rings. The predicted octanol–water partition coefficient (Wildman–Crippen LogP) is 5.10. The number of carboxylic acid groups (broad SMARTS) is 1. The number of hydrogen-bond donors (Lipinski definition) is 1. The van der Waals surface area contributed by atoms with Gasteiger partial charge < -0.3 is 5.11 Å². The summed E-state index contributed by atoms with van der Waals surface area (Å²) >= 11 is 0. The van der Waals surface area contributed by atoms with Crippen molar-refractivity contribution in [3.63, 3.8) is 0 Å². The van der Waals surface area contributed by atoms with Crippen LogP contribution in [0, 0.1) is 0 Å². The highest BCUT2D eigenvalue weighted by atomic mass is 16.4. The third-order valence-electron chi connectivity index (χ3n) is 2.87. The fraction of sp³-hybridized carbons (Fsp3) is 0.688. The highest BCUT2D eigenvalue weighted by Crippen LogP contribution is 2.08. The Bertz CT molecular complexity index is 241. The van der Waals surface area contributed by atoms with Gasteiger partial charge in [-0.1, -0.05) is 69.8 Å². The van der Waals surface area contributed by atoms with Crippen LogP contribution in [-0.2, 0) is 4.79 Å². The Kier molecular flexibility index (Phi) is 13.2. The van der Waals surface area contributed by atoms with Gasteiger partial charge in [-0.25, -0.2) is 0 Å². The normalized spacial score (nSPS) is 11.6. The van der Waals surface area contributed by atoms with E-state index in [9.17, 15) is 4.79 Å². The number of hydrogen-bond acceptors (Lipinski definition) is 1. The van der Waals surface area contributed by atoms with Crippen LogP contribution in [0.15, 0.2) is 24.3 Å². The number of carbonyl (C=O) groups is 1. The molecule has 0 radical (unpaired) electrons. The fourth-order valence-corrected chi connectivity index (χ4v) is 1.79. The molecule has 0 aromatic carbocycles. The van der Waals surface area contributed by atoms with Gasteiger partial charge in [0, 0.05) is 0 Å². The van der Waals surface area contributed by atoms with E-state index in [0.717, 1.165) is 12.8 Å². The van der Waals surface area contributed by atoms with Crippen LogP contribution in [-0.4, -0.2) is 11.1 Å². The molecular formula is C16H28O2. The molecule has 2 heteroatoms. The Morgan fingerprint density at radius 3 is 2.17 bits per heavy atom. The molecule has 0 unspecified atom stereocenters. The zero-order valence-electron chi connectivity index (χ0n) is 11.7. The van der Waals surface area contributed by atoms with E-state index >= 15 is 0 Å². The van der Waals surface area contributed by atoms with Crippen molar-refractivity contribution < 1.29 is 9.90 Å². The predicted molar refractivity (Wildman–Crippen MR) is 77.8 cm³/mol. The van der Waals surface area contributed by atoms with Crippen molar-refractivity contribution in [3.8, 4) is 0 Å². The van der Waals surface area contributed by atoms with Crippen LogP contribution in [0.2, 0.25) is 0 Å². The van der Waals surface area contributed by atoms with E-state index < -0.39 is 5.97 Å².